The second-order valence-corrected chi connectivity index (χ2v) is 8.63. The Balaban J connectivity index is 1.69. The van der Waals surface area contributed by atoms with Gasteiger partial charge in [0.15, 0.2) is 5.16 Å². The van der Waals surface area contributed by atoms with E-state index in [1.165, 1.54) is 6.07 Å². The molecular formula is C22H21F2N5O2S. The Kier molecular flexibility index (Phi) is 6.22. The van der Waals surface area contributed by atoms with Gasteiger partial charge in [-0.15, -0.1) is 10.2 Å². The number of halogens is 2. The van der Waals surface area contributed by atoms with E-state index in [2.05, 4.69) is 15.5 Å². The van der Waals surface area contributed by atoms with Gasteiger partial charge >= 0.3 is 0 Å². The van der Waals surface area contributed by atoms with Gasteiger partial charge < -0.3 is 5.32 Å². The molecule has 0 bridgehead atoms. The summed E-state index contributed by atoms with van der Waals surface area (Å²) in [4.78, 5) is 25.6. The first-order chi connectivity index (χ1) is 15.4. The van der Waals surface area contributed by atoms with E-state index in [1.807, 2.05) is 13.0 Å². The number of anilines is 1. The molecule has 0 aliphatic rings. The van der Waals surface area contributed by atoms with Crippen molar-refractivity contribution in [2.45, 2.75) is 43.6 Å². The number of benzene rings is 2. The number of rotatable bonds is 7. The normalized spacial score (nSPS) is 12.4. The number of unbranched alkanes of at least 4 members (excludes halogenated alkanes) is 1. The van der Waals surface area contributed by atoms with Crippen molar-refractivity contribution in [2.24, 2.45) is 0 Å². The molecule has 32 heavy (non-hydrogen) atoms. The van der Waals surface area contributed by atoms with Crippen molar-refractivity contribution in [3.8, 4) is 0 Å². The van der Waals surface area contributed by atoms with E-state index in [-0.39, 0.29) is 11.2 Å². The third-order valence-corrected chi connectivity index (χ3v) is 6.10. The Morgan fingerprint density at radius 2 is 1.97 bits per heavy atom. The first kappa shape index (κ1) is 21.9. The van der Waals surface area contributed by atoms with Crippen LogP contribution in [0.5, 0.6) is 0 Å². The molecular weight excluding hydrogens is 436 g/mol. The fraction of sp³-hybridized carbons (Fsp3) is 0.273. The summed E-state index contributed by atoms with van der Waals surface area (Å²) in [6, 6.07) is 10.1. The molecule has 4 rings (SSSR count). The highest BCUT2D eigenvalue weighted by Gasteiger charge is 2.22. The molecule has 2 aromatic carbocycles. The number of hydrogen-bond acceptors (Lipinski definition) is 5. The molecule has 0 fully saturated rings. The van der Waals surface area contributed by atoms with Gasteiger partial charge in [0, 0.05) is 12.6 Å². The third kappa shape index (κ3) is 4.10. The van der Waals surface area contributed by atoms with Gasteiger partial charge in [-0.2, -0.15) is 0 Å². The van der Waals surface area contributed by atoms with E-state index in [0.717, 1.165) is 30.7 Å². The van der Waals surface area contributed by atoms with Crippen molar-refractivity contribution in [3.63, 3.8) is 0 Å². The summed E-state index contributed by atoms with van der Waals surface area (Å²) >= 11 is 1.13. The predicted octanol–water partition coefficient (Wildman–Crippen LogP) is 4.24. The standard InChI is InChI=1S/C22H21F2N5O2S/c1-3-4-11-28-20(31)15-7-5-6-8-18(15)29-21(28)26-27-22(29)32-13(2)19(30)25-17-10-9-14(23)12-16(17)24/h5-10,12-13H,3-4,11H2,1-2H3,(H,25,30). The molecule has 0 spiro atoms. The lowest BCUT2D eigenvalue weighted by Crippen LogP contribution is -2.24. The molecule has 0 aliphatic heterocycles. The van der Waals surface area contributed by atoms with Gasteiger partial charge in [0.2, 0.25) is 11.7 Å². The average molecular weight is 458 g/mol. The van der Waals surface area contributed by atoms with E-state index in [1.54, 1.807) is 34.1 Å². The van der Waals surface area contributed by atoms with Crippen molar-refractivity contribution < 1.29 is 13.6 Å². The smallest absolute Gasteiger partial charge is 0.262 e. The summed E-state index contributed by atoms with van der Waals surface area (Å²) < 4.78 is 30.4. The largest absolute Gasteiger partial charge is 0.323 e. The number of hydrogen-bond donors (Lipinski definition) is 1. The number of amides is 1. The average Bonchev–Trinajstić information content (AvgIpc) is 3.19. The lowest BCUT2D eigenvalue weighted by molar-refractivity contribution is -0.115. The molecule has 4 aromatic rings. The van der Waals surface area contributed by atoms with E-state index in [0.29, 0.717) is 34.4 Å². The van der Waals surface area contributed by atoms with Crippen LogP contribution in [0.2, 0.25) is 0 Å². The minimum Gasteiger partial charge on any atom is -0.323 e. The third-order valence-electron chi connectivity index (χ3n) is 5.05. The summed E-state index contributed by atoms with van der Waals surface area (Å²) in [5, 5.41) is 11.2. The monoisotopic (exact) mass is 457 g/mol. The second-order valence-electron chi connectivity index (χ2n) is 7.32. The maximum absolute atomic E-state index is 13.9. The predicted molar refractivity (Wildman–Crippen MR) is 120 cm³/mol. The quantitative estimate of drug-likeness (QED) is 0.420. The van der Waals surface area contributed by atoms with Crippen LogP contribution in [0.15, 0.2) is 52.4 Å². The molecule has 1 N–H and O–H groups in total. The Bertz CT molecular complexity index is 1370. The summed E-state index contributed by atoms with van der Waals surface area (Å²) in [7, 11) is 0. The fourth-order valence-corrected chi connectivity index (χ4v) is 4.22. The summed E-state index contributed by atoms with van der Waals surface area (Å²) in [6.07, 6.45) is 1.73. The van der Waals surface area contributed by atoms with Crippen LogP contribution in [0.4, 0.5) is 14.5 Å². The zero-order chi connectivity index (χ0) is 22.8. The van der Waals surface area contributed by atoms with Crippen molar-refractivity contribution in [1.29, 1.82) is 0 Å². The zero-order valence-electron chi connectivity index (χ0n) is 17.5. The van der Waals surface area contributed by atoms with Crippen LogP contribution in [0.25, 0.3) is 16.7 Å². The maximum atomic E-state index is 13.9. The highest BCUT2D eigenvalue weighted by atomic mass is 32.2. The summed E-state index contributed by atoms with van der Waals surface area (Å²) in [5.41, 5.74) is 0.404. The number of nitrogens with zero attached hydrogens (tertiary/aromatic N) is 4. The van der Waals surface area contributed by atoms with Crippen LogP contribution in [0, 0.1) is 11.6 Å². The molecule has 0 radical (unpaired) electrons. The molecule has 1 amide bonds. The zero-order valence-corrected chi connectivity index (χ0v) is 18.3. The van der Waals surface area contributed by atoms with Crippen LogP contribution in [0.1, 0.15) is 26.7 Å². The molecule has 2 aromatic heterocycles. The van der Waals surface area contributed by atoms with Crippen molar-refractivity contribution in [2.75, 3.05) is 5.32 Å². The van der Waals surface area contributed by atoms with E-state index in [4.69, 9.17) is 0 Å². The lowest BCUT2D eigenvalue weighted by atomic mass is 10.2. The van der Waals surface area contributed by atoms with Gasteiger partial charge in [-0.1, -0.05) is 37.2 Å². The summed E-state index contributed by atoms with van der Waals surface area (Å²) in [5.74, 6) is -1.64. The van der Waals surface area contributed by atoms with Crippen LogP contribution in [-0.2, 0) is 11.3 Å². The molecule has 2 heterocycles. The molecule has 0 saturated heterocycles. The number of carbonyl (C=O) groups is 1. The van der Waals surface area contributed by atoms with E-state index >= 15 is 0 Å². The van der Waals surface area contributed by atoms with Crippen LogP contribution in [0.3, 0.4) is 0 Å². The van der Waals surface area contributed by atoms with Crippen LogP contribution in [-0.4, -0.2) is 30.3 Å². The van der Waals surface area contributed by atoms with Gasteiger partial charge in [-0.25, -0.2) is 8.78 Å². The minimum absolute atomic E-state index is 0.103. The Hall–Kier alpha value is -3.27. The molecule has 0 aliphatic carbocycles. The Labute approximate surface area is 186 Å². The number of aryl methyl sites for hydroxylation is 1. The Morgan fingerprint density at radius 3 is 2.72 bits per heavy atom. The number of thioether (sulfide) groups is 1. The van der Waals surface area contributed by atoms with E-state index < -0.39 is 22.8 Å². The SMILES string of the molecule is CCCCn1c(=O)c2ccccc2n2c(SC(C)C(=O)Nc3ccc(F)cc3F)nnc12. The molecule has 1 unspecified atom stereocenters. The number of para-hydroxylation sites is 1. The first-order valence-electron chi connectivity index (χ1n) is 10.2. The number of fused-ring (bicyclic) bond motifs is 3. The molecule has 1 atom stereocenters. The van der Waals surface area contributed by atoms with Gasteiger partial charge in [0.25, 0.3) is 5.56 Å². The first-order valence-corrected chi connectivity index (χ1v) is 11.1. The maximum Gasteiger partial charge on any atom is 0.262 e. The Morgan fingerprint density at radius 1 is 1.19 bits per heavy atom. The number of nitrogens with one attached hydrogen (secondary N) is 1. The van der Waals surface area contributed by atoms with Crippen molar-refractivity contribution in [3.05, 3.63) is 64.5 Å². The lowest BCUT2D eigenvalue weighted by Gasteiger charge is -2.13. The van der Waals surface area contributed by atoms with Gasteiger partial charge in [0.1, 0.15) is 11.6 Å². The van der Waals surface area contributed by atoms with Crippen molar-refractivity contribution in [1.82, 2.24) is 19.2 Å². The highest BCUT2D eigenvalue weighted by molar-refractivity contribution is 8.00. The van der Waals surface area contributed by atoms with Gasteiger partial charge in [-0.3, -0.25) is 18.6 Å². The van der Waals surface area contributed by atoms with Crippen LogP contribution >= 0.6 is 11.8 Å². The summed E-state index contributed by atoms with van der Waals surface area (Å²) in [6.45, 7) is 4.20. The van der Waals surface area contributed by atoms with Crippen LogP contribution < -0.4 is 10.9 Å². The molecule has 166 valence electrons. The molecule has 0 saturated carbocycles. The van der Waals surface area contributed by atoms with E-state index in [9.17, 15) is 18.4 Å². The van der Waals surface area contributed by atoms with Crippen molar-refractivity contribution >= 4 is 40.0 Å². The second kappa shape index (κ2) is 9.07. The highest BCUT2D eigenvalue weighted by Crippen LogP contribution is 2.26. The van der Waals surface area contributed by atoms with Gasteiger partial charge in [0.05, 0.1) is 21.8 Å². The fourth-order valence-electron chi connectivity index (χ4n) is 3.36. The molecule has 7 nitrogen and oxygen atoms in total. The number of aromatic nitrogens is 4. The topological polar surface area (TPSA) is 81.3 Å². The molecule has 10 heteroatoms. The van der Waals surface area contributed by atoms with Gasteiger partial charge in [-0.05, 0) is 37.6 Å². The number of carbonyl (C=O) groups excluding carboxylic acids is 1. The minimum atomic E-state index is -0.852.